The van der Waals surface area contributed by atoms with Gasteiger partial charge in [0.25, 0.3) is 0 Å². The molecule has 1 heterocycles. The van der Waals surface area contributed by atoms with Crippen molar-refractivity contribution in [3.8, 4) is 0 Å². The molecule has 0 aliphatic carbocycles. The third-order valence-corrected chi connectivity index (χ3v) is 4.38. The predicted molar refractivity (Wildman–Crippen MR) is 98.6 cm³/mol. The number of hydrogen-bond acceptors (Lipinski definition) is 6. The molecule has 0 unspecified atom stereocenters. The molecular formula is C17H29N5O6. The van der Waals surface area contributed by atoms with E-state index in [-0.39, 0.29) is 12.5 Å². The van der Waals surface area contributed by atoms with Crippen LogP contribution in [-0.2, 0) is 24.0 Å². The summed E-state index contributed by atoms with van der Waals surface area (Å²) in [5.74, 6) is -3.73. The van der Waals surface area contributed by atoms with E-state index in [1.54, 1.807) is 0 Å². The van der Waals surface area contributed by atoms with E-state index in [1.807, 2.05) is 13.8 Å². The van der Waals surface area contributed by atoms with Crippen LogP contribution in [0.15, 0.2) is 0 Å². The minimum atomic E-state index is -1.47. The van der Waals surface area contributed by atoms with E-state index in [0.717, 1.165) is 0 Å². The van der Waals surface area contributed by atoms with Crippen LogP contribution in [0.25, 0.3) is 0 Å². The molecule has 1 saturated heterocycles. The molecule has 0 spiro atoms. The molecule has 11 heteroatoms. The van der Waals surface area contributed by atoms with Gasteiger partial charge in [0, 0.05) is 6.54 Å². The van der Waals surface area contributed by atoms with Crippen LogP contribution in [0.4, 0.5) is 0 Å². The van der Waals surface area contributed by atoms with Crippen molar-refractivity contribution in [2.24, 2.45) is 17.4 Å². The Labute approximate surface area is 163 Å². The number of primary amides is 1. The van der Waals surface area contributed by atoms with Crippen molar-refractivity contribution in [3.05, 3.63) is 0 Å². The van der Waals surface area contributed by atoms with Crippen molar-refractivity contribution in [3.63, 3.8) is 0 Å². The van der Waals surface area contributed by atoms with Crippen LogP contribution >= 0.6 is 0 Å². The third kappa shape index (κ3) is 6.80. The maximum atomic E-state index is 12.9. The van der Waals surface area contributed by atoms with E-state index in [9.17, 15) is 24.0 Å². The zero-order chi connectivity index (χ0) is 21.4. The molecule has 158 valence electrons. The van der Waals surface area contributed by atoms with Gasteiger partial charge in [-0.3, -0.25) is 19.2 Å². The summed E-state index contributed by atoms with van der Waals surface area (Å²) in [6.07, 6.45) is 0.718. The minimum absolute atomic E-state index is 0.105. The summed E-state index contributed by atoms with van der Waals surface area (Å²) in [6.45, 7) is 3.82. The molecule has 4 amide bonds. The maximum absolute atomic E-state index is 12.9. The van der Waals surface area contributed by atoms with Gasteiger partial charge < -0.3 is 32.1 Å². The highest BCUT2D eigenvalue weighted by molar-refractivity contribution is 5.94. The molecule has 28 heavy (non-hydrogen) atoms. The number of nitrogens with zero attached hydrogens (tertiary/aromatic N) is 1. The SMILES string of the molecule is CC(C)C[C@H](NC(=O)CN)C(=O)N1CCC[C@H]1C(=O)N[C@@H](CC(N)=O)C(=O)O. The van der Waals surface area contributed by atoms with Crippen molar-refractivity contribution >= 4 is 29.6 Å². The largest absolute Gasteiger partial charge is 0.480 e. The van der Waals surface area contributed by atoms with Crippen LogP contribution in [0, 0.1) is 5.92 Å². The Kier molecular flexibility index (Phi) is 8.83. The fourth-order valence-electron chi connectivity index (χ4n) is 3.12. The molecule has 3 atom stereocenters. The van der Waals surface area contributed by atoms with Crippen molar-refractivity contribution in [1.82, 2.24) is 15.5 Å². The Morgan fingerprint density at radius 3 is 2.29 bits per heavy atom. The van der Waals surface area contributed by atoms with Gasteiger partial charge in [0.15, 0.2) is 0 Å². The Morgan fingerprint density at radius 1 is 1.14 bits per heavy atom. The fraction of sp³-hybridized carbons (Fsp3) is 0.706. The first-order valence-corrected chi connectivity index (χ1v) is 9.18. The van der Waals surface area contributed by atoms with Crippen LogP contribution in [-0.4, -0.2) is 70.8 Å². The molecule has 1 rings (SSSR count). The number of rotatable bonds is 10. The topological polar surface area (TPSA) is 185 Å². The molecular weight excluding hydrogens is 370 g/mol. The van der Waals surface area contributed by atoms with Crippen LogP contribution in [0.3, 0.4) is 0 Å². The number of nitrogens with two attached hydrogens (primary N) is 2. The summed E-state index contributed by atoms with van der Waals surface area (Å²) in [7, 11) is 0. The lowest BCUT2D eigenvalue weighted by molar-refractivity contribution is -0.145. The maximum Gasteiger partial charge on any atom is 0.326 e. The molecule has 0 aromatic heterocycles. The van der Waals surface area contributed by atoms with Gasteiger partial charge in [-0.1, -0.05) is 13.8 Å². The molecule has 0 aromatic carbocycles. The summed E-state index contributed by atoms with van der Waals surface area (Å²) < 4.78 is 0. The number of aliphatic carboxylic acids is 1. The van der Waals surface area contributed by atoms with Gasteiger partial charge in [0.05, 0.1) is 13.0 Å². The molecule has 7 N–H and O–H groups in total. The third-order valence-electron chi connectivity index (χ3n) is 4.38. The summed E-state index contributed by atoms with van der Waals surface area (Å²) in [5, 5.41) is 14.0. The monoisotopic (exact) mass is 399 g/mol. The summed E-state index contributed by atoms with van der Waals surface area (Å²) >= 11 is 0. The van der Waals surface area contributed by atoms with Gasteiger partial charge in [-0.25, -0.2) is 4.79 Å². The number of nitrogens with one attached hydrogen (secondary N) is 2. The lowest BCUT2D eigenvalue weighted by atomic mass is 10.0. The molecule has 11 nitrogen and oxygen atoms in total. The van der Waals surface area contributed by atoms with Crippen molar-refractivity contribution in [1.29, 1.82) is 0 Å². The molecule has 1 aliphatic rings. The smallest absolute Gasteiger partial charge is 0.326 e. The van der Waals surface area contributed by atoms with Gasteiger partial charge >= 0.3 is 5.97 Å². The minimum Gasteiger partial charge on any atom is -0.480 e. The number of hydrogen-bond donors (Lipinski definition) is 5. The van der Waals surface area contributed by atoms with Crippen molar-refractivity contribution < 1.29 is 29.1 Å². The second-order valence-electron chi connectivity index (χ2n) is 7.21. The second-order valence-corrected chi connectivity index (χ2v) is 7.21. The zero-order valence-corrected chi connectivity index (χ0v) is 16.1. The highest BCUT2D eigenvalue weighted by atomic mass is 16.4. The number of likely N-dealkylation sites (tertiary alicyclic amines) is 1. The van der Waals surface area contributed by atoms with Crippen LogP contribution in [0.2, 0.25) is 0 Å². The van der Waals surface area contributed by atoms with Gasteiger partial charge in [-0.15, -0.1) is 0 Å². The Morgan fingerprint density at radius 2 is 1.79 bits per heavy atom. The van der Waals surface area contributed by atoms with Crippen LogP contribution in [0.5, 0.6) is 0 Å². The van der Waals surface area contributed by atoms with Gasteiger partial charge in [-0.05, 0) is 25.2 Å². The van der Waals surface area contributed by atoms with E-state index >= 15 is 0 Å². The zero-order valence-electron chi connectivity index (χ0n) is 16.1. The first kappa shape index (κ1) is 23.3. The van der Waals surface area contributed by atoms with E-state index in [0.29, 0.717) is 25.8 Å². The number of carboxylic acid groups (broad SMARTS) is 1. The van der Waals surface area contributed by atoms with Crippen LogP contribution in [0.1, 0.15) is 39.5 Å². The number of amides is 4. The normalized spacial score (nSPS) is 18.4. The van der Waals surface area contributed by atoms with Gasteiger partial charge in [0.1, 0.15) is 18.1 Å². The van der Waals surface area contributed by atoms with Crippen molar-refractivity contribution in [2.45, 2.75) is 57.7 Å². The lowest BCUT2D eigenvalue weighted by Gasteiger charge is -2.30. The number of carboxylic acids is 1. The van der Waals surface area contributed by atoms with Gasteiger partial charge in [-0.2, -0.15) is 0 Å². The first-order chi connectivity index (χ1) is 13.1. The summed E-state index contributed by atoms with van der Waals surface area (Å²) in [4.78, 5) is 60.7. The number of carbonyl (C=O) groups is 5. The Bertz CT molecular complexity index is 623. The standard InChI is InChI=1S/C17H29N5O6/c1-9(2)6-10(20-14(24)8-18)16(26)22-5-3-4-12(22)15(25)21-11(17(27)28)7-13(19)23/h9-12H,3-8,18H2,1-2H3,(H2,19,23)(H,20,24)(H,21,25)(H,27,28)/t10-,11-,12-/m0/s1. The summed E-state index contributed by atoms with van der Waals surface area (Å²) in [5.41, 5.74) is 10.3. The molecule has 0 saturated carbocycles. The van der Waals surface area contributed by atoms with Crippen molar-refractivity contribution in [2.75, 3.05) is 13.1 Å². The van der Waals surface area contributed by atoms with E-state index in [4.69, 9.17) is 16.6 Å². The Balaban J connectivity index is 2.91. The molecule has 0 radical (unpaired) electrons. The predicted octanol–water partition coefficient (Wildman–Crippen LogP) is -2.09. The summed E-state index contributed by atoms with van der Waals surface area (Å²) in [6, 6.07) is -3.18. The average Bonchev–Trinajstić information content (AvgIpc) is 3.08. The molecule has 0 aromatic rings. The quantitative estimate of drug-likeness (QED) is 0.279. The van der Waals surface area contributed by atoms with E-state index < -0.39 is 54.1 Å². The Hall–Kier alpha value is -2.69. The van der Waals surface area contributed by atoms with E-state index in [1.165, 1.54) is 4.90 Å². The average molecular weight is 399 g/mol. The van der Waals surface area contributed by atoms with Gasteiger partial charge in [0.2, 0.25) is 23.6 Å². The van der Waals surface area contributed by atoms with E-state index in [2.05, 4.69) is 10.6 Å². The second kappa shape index (κ2) is 10.6. The fourth-order valence-corrected chi connectivity index (χ4v) is 3.12. The molecule has 0 bridgehead atoms. The molecule has 1 fully saturated rings. The molecule has 1 aliphatic heterocycles. The lowest BCUT2D eigenvalue weighted by Crippen LogP contribution is -2.56. The van der Waals surface area contributed by atoms with Crippen LogP contribution < -0.4 is 22.1 Å². The highest BCUT2D eigenvalue weighted by Crippen LogP contribution is 2.20. The highest BCUT2D eigenvalue weighted by Gasteiger charge is 2.39. The number of carbonyl (C=O) groups excluding carboxylic acids is 4. The first-order valence-electron chi connectivity index (χ1n) is 9.18.